The second-order valence-electron chi connectivity index (χ2n) is 1.73. The maximum Gasteiger partial charge on any atom is 0.147 e. The van der Waals surface area contributed by atoms with Crippen LogP contribution >= 0.6 is 0 Å². The SMILES string of the molecule is CC.CC.Cc1c(F)cncc1F. The van der Waals surface area contributed by atoms with Crippen molar-refractivity contribution in [1.82, 2.24) is 4.98 Å². The molecule has 3 heteroatoms. The van der Waals surface area contributed by atoms with Crippen molar-refractivity contribution in [3.63, 3.8) is 0 Å². The minimum atomic E-state index is -0.602. The molecule has 76 valence electrons. The van der Waals surface area contributed by atoms with Crippen molar-refractivity contribution in [1.29, 1.82) is 0 Å². The van der Waals surface area contributed by atoms with E-state index >= 15 is 0 Å². The van der Waals surface area contributed by atoms with Gasteiger partial charge in [0.2, 0.25) is 0 Å². The van der Waals surface area contributed by atoms with Crippen molar-refractivity contribution in [2.45, 2.75) is 34.6 Å². The van der Waals surface area contributed by atoms with Gasteiger partial charge in [-0.3, -0.25) is 4.98 Å². The minimum absolute atomic E-state index is 0.0185. The van der Waals surface area contributed by atoms with E-state index in [1.165, 1.54) is 6.92 Å². The summed E-state index contributed by atoms with van der Waals surface area (Å²) in [4.78, 5) is 3.29. The molecule has 1 rings (SSSR count). The quantitative estimate of drug-likeness (QED) is 0.606. The molecule has 0 atom stereocenters. The standard InChI is InChI=1S/C6H5F2N.2C2H6/c1-4-5(7)2-9-3-6(4)8;2*1-2/h2-3H,1H3;2*1-2H3. The fourth-order valence-corrected chi connectivity index (χ4v) is 0.476. The van der Waals surface area contributed by atoms with E-state index in [-0.39, 0.29) is 5.56 Å². The fraction of sp³-hybridized carbons (Fsp3) is 0.500. The number of pyridine rings is 1. The monoisotopic (exact) mass is 189 g/mol. The van der Waals surface area contributed by atoms with Gasteiger partial charge in [-0.05, 0) is 6.92 Å². The van der Waals surface area contributed by atoms with Crippen molar-refractivity contribution in [2.24, 2.45) is 0 Å². The Morgan fingerprint density at radius 3 is 1.46 bits per heavy atom. The smallest absolute Gasteiger partial charge is 0.147 e. The van der Waals surface area contributed by atoms with Crippen LogP contribution in [0.5, 0.6) is 0 Å². The van der Waals surface area contributed by atoms with Crippen LogP contribution in [0.25, 0.3) is 0 Å². The van der Waals surface area contributed by atoms with E-state index in [2.05, 4.69) is 4.98 Å². The van der Waals surface area contributed by atoms with Gasteiger partial charge in [0.05, 0.1) is 12.4 Å². The molecule has 1 nitrogen and oxygen atoms in total. The summed E-state index contributed by atoms with van der Waals surface area (Å²) in [5, 5.41) is 0. The highest BCUT2D eigenvalue weighted by molar-refractivity contribution is 5.11. The van der Waals surface area contributed by atoms with Crippen molar-refractivity contribution >= 4 is 0 Å². The first-order valence-electron chi connectivity index (χ1n) is 4.47. The van der Waals surface area contributed by atoms with Crippen LogP contribution in [0.15, 0.2) is 12.4 Å². The molecule has 0 aromatic carbocycles. The predicted molar refractivity (Wildman–Crippen MR) is 51.6 cm³/mol. The largest absolute Gasteiger partial charge is 0.259 e. The van der Waals surface area contributed by atoms with Crippen LogP contribution in [0.2, 0.25) is 0 Å². The molecule has 0 aliphatic rings. The van der Waals surface area contributed by atoms with Gasteiger partial charge in [-0.15, -0.1) is 0 Å². The van der Waals surface area contributed by atoms with Gasteiger partial charge in [0, 0.05) is 5.56 Å². The third kappa shape index (κ3) is 5.28. The molecular weight excluding hydrogens is 172 g/mol. The molecule has 0 bridgehead atoms. The summed E-state index contributed by atoms with van der Waals surface area (Å²) < 4.78 is 24.6. The third-order valence-electron chi connectivity index (χ3n) is 1.09. The number of hydrogen-bond donors (Lipinski definition) is 0. The normalized spacial score (nSPS) is 7.62. The Hall–Kier alpha value is -0.990. The van der Waals surface area contributed by atoms with E-state index in [9.17, 15) is 8.78 Å². The zero-order chi connectivity index (χ0) is 10.9. The van der Waals surface area contributed by atoms with Crippen LogP contribution < -0.4 is 0 Å². The molecule has 0 amide bonds. The summed E-state index contributed by atoms with van der Waals surface area (Å²) in [5.74, 6) is -1.20. The lowest BCUT2D eigenvalue weighted by Gasteiger charge is -1.93. The zero-order valence-electron chi connectivity index (χ0n) is 8.86. The third-order valence-corrected chi connectivity index (χ3v) is 1.09. The van der Waals surface area contributed by atoms with E-state index in [4.69, 9.17) is 0 Å². The summed E-state index contributed by atoms with van der Waals surface area (Å²) >= 11 is 0. The molecule has 1 aromatic rings. The van der Waals surface area contributed by atoms with Crippen molar-refractivity contribution in [3.8, 4) is 0 Å². The van der Waals surface area contributed by atoms with Crippen molar-refractivity contribution in [2.75, 3.05) is 0 Å². The molecule has 13 heavy (non-hydrogen) atoms. The molecule has 0 saturated carbocycles. The van der Waals surface area contributed by atoms with Gasteiger partial charge in [-0.1, -0.05) is 27.7 Å². The average Bonchev–Trinajstić information content (AvgIpc) is 2.20. The number of hydrogen-bond acceptors (Lipinski definition) is 1. The maximum atomic E-state index is 12.3. The Morgan fingerprint density at radius 1 is 0.923 bits per heavy atom. The maximum absolute atomic E-state index is 12.3. The van der Waals surface area contributed by atoms with Crippen LogP contribution in [-0.4, -0.2) is 4.98 Å². The number of nitrogens with zero attached hydrogens (tertiary/aromatic N) is 1. The first-order chi connectivity index (χ1) is 6.22. The Kier molecular flexibility index (Phi) is 10.2. The summed E-state index contributed by atoms with van der Waals surface area (Å²) in [6.45, 7) is 9.37. The van der Waals surface area contributed by atoms with Crippen LogP contribution in [0.4, 0.5) is 8.78 Å². The predicted octanol–water partition coefficient (Wildman–Crippen LogP) is 3.72. The second-order valence-corrected chi connectivity index (χ2v) is 1.73. The van der Waals surface area contributed by atoms with Crippen LogP contribution in [-0.2, 0) is 0 Å². The lowest BCUT2D eigenvalue weighted by molar-refractivity contribution is 0.558. The molecule has 0 aliphatic heterocycles. The Balaban J connectivity index is 0. The van der Waals surface area contributed by atoms with Crippen molar-refractivity contribution in [3.05, 3.63) is 29.6 Å². The molecule has 0 spiro atoms. The number of halogens is 2. The Bertz CT molecular complexity index is 204. The van der Waals surface area contributed by atoms with Crippen molar-refractivity contribution < 1.29 is 8.78 Å². The summed E-state index contributed by atoms with van der Waals surface area (Å²) in [6, 6.07) is 0. The van der Waals surface area contributed by atoms with Gasteiger partial charge in [0.25, 0.3) is 0 Å². The number of aromatic nitrogens is 1. The molecule has 0 saturated heterocycles. The lowest BCUT2D eigenvalue weighted by Crippen LogP contribution is -1.88. The van der Waals surface area contributed by atoms with E-state index in [1.807, 2.05) is 27.7 Å². The second kappa shape index (κ2) is 9.10. The highest BCUT2D eigenvalue weighted by Crippen LogP contribution is 2.06. The topological polar surface area (TPSA) is 12.9 Å². The van der Waals surface area contributed by atoms with E-state index in [0.29, 0.717) is 0 Å². The molecule has 0 unspecified atom stereocenters. The van der Waals surface area contributed by atoms with Gasteiger partial charge in [0.1, 0.15) is 11.6 Å². The molecule has 0 fully saturated rings. The lowest BCUT2D eigenvalue weighted by atomic mass is 10.3. The first kappa shape index (κ1) is 14.5. The Labute approximate surface area is 78.8 Å². The molecule has 1 aromatic heterocycles. The average molecular weight is 189 g/mol. The van der Waals surface area contributed by atoms with Gasteiger partial charge >= 0.3 is 0 Å². The van der Waals surface area contributed by atoms with E-state index < -0.39 is 11.6 Å². The zero-order valence-corrected chi connectivity index (χ0v) is 8.86. The molecule has 0 N–H and O–H groups in total. The van der Waals surface area contributed by atoms with E-state index in [1.54, 1.807) is 0 Å². The van der Waals surface area contributed by atoms with Crippen LogP contribution in [0.3, 0.4) is 0 Å². The van der Waals surface area contributed by atoms with Gasteiger partial charge < -0.3 is 0 Å². The highest BCUT2D eigenvalue weighted by Gasteiger charge is 2.00. The molecule has 0 aliphatic carbocycles. The fourth-order valence-electron chi connectivity index (χ4n) is 0.476. The summed E-state index contributed by atoms with van der Waals surface area (Å²) in [5.41, 5.74) is 0.0185. The van der Waals surface area contributed by atoms with Crippen LogP contribution in [0.1, 0.15) is 33.3 Å². The van der Waals surface area contributed by atoms with Gasteiger partial charge in [-0.2, -0.15) is 0 Å². The molecular formula is C10H17F2N. The molecule has 1 heterocycles. The molecule has 0 radical (unpaired) electrons. The van der Waals surface area contributed by atoms with Gasteiger partial charge in [0.15, 0.2) is 0 Å². The Morgan fingerprint density at radius 2 is 1.23 bits per heavy atom. The minimum Gasteiger partial charge on any atom is -0.259 e. The van der Waals surface area contributed by atoms with Crippen LogP contribution in [0, 0.1) is 18.6 Å². The summed E-state index contributed by atoms with van der Waals surface area (Å²) in [7, 11) is 0. The van der Waals surface area contributed by atoms with Gasteiger partial charge in [-0.25, -0.2) is 8.78 Å². The summed E-state index contributed by atoms with van der Waals surface area (Å²) in [6.07, 6.45) is 1.97. The first-order valence-corrected chi connectivity index (χ1v) is 4.47. The highest BCUT2D eigenvalue weighted by atomic mass is 19.1. The van der Waals surface area contributed by atoms with E-state index in [0.717, 1.165) is 12.4 Å². The number of rotatable bonds is 0.